The van der Waals surface area contributed by atoms with Gasteiger partial charge in [-0.05, 0) is 6.07 Å². The topological polar surface area (TPSA) is 95.4 Å². The third kappa shape index (κ3) is 2.88. The van der Waals surface area contributed by atoms with Crippen LogP contribution in [0.3, 0.4) is 0 Å². The summed E-state index contributed by atoms with van der Waals surface area (Å²) < 4.78 is 15.6. The van der Waals surface area contributed by atoms with E-state index in [1.54, 1.807) is 12.1 Å². The zero-order valence-electron chi connectivity index (χ0n) is 10.4. The van der Waals surface area contributed by atoms with E-state index in [1.165, 1.54) is 14.2 Å². The predicted octanol–water partition coefficient (Wildman–Crippen LogP) is 1.94. The number of benzene rings is 1. The second kappa shape index (κ2) is 5.77. The van der Waals surface area contributed by atoms with Gasteiger partial charge in [-0.3, -0.25) is 0 Å². The molecular weight excluding hydrogens is 272 g/mol. The van der Waals surface area contributed by atoms with Crippen LogP contribution >= 0.6 is 11.6 Å². The molecule has 1 aromatic heterocycles. The van der Waals surface area contributed by atoms with E-state index in [-0.39, 0.29) is 12.6 Å². The van der Waals surface area contributed by atoms with Crippen LogP contribution in [0.1, 0.15) is 5.89 Å². The third-order valence-corrected chi connectivity index (χ3v) is 2.65. The van der Waals surface area contributed by atoms with Gasteiger partial charge < -0.3 is 24.9 Å². The Kier molecular flexibility index (Phi) is 4.08. The molecule has 0 aliphatic carbocycles. The van der Waals surface area contributed by atoms with Gasteiger partial charge >= 0.3 is 6.01 Å². The third-order valence-electron chi connectivity index (χ3n) is 2.36. The number of rotatable bonds is 5. The smallest absolute Gasteiger partial charge is 0.320 e. The van der Waals surface area contributed by atoms with Crippen molar-refractivity contribution in [3.8, 4) is 11.5 Å². The van der Waals surface area contributed by atoms with Gasteiger partial charge in [0, 0.05) is 6.07 Å². The summed E-state index contributed by atoms with van der Waals surface area (Å²) in [5.41, 5.74) is 5.97. The Morgan fingerprint density at radius 2 is 2.00 bits per heavy atom. The highest BCUT2D eigenvalue weighted by molar-refractivity contribution is 6.32. The highest BCUT2D eigenvalue weighted by Crippen LogP contribution is 2.37. The van der Waals surface area contributed by atoms with Crippen molar-refractivity contribution in [1.82, 2.24) is 10.2 Å². The molecule has 0 atom stereocenters. The lowest BCUT2D eigenvalue weighted by molar-refractivity contribution is 0.395. The molecule has 1 heterocycles. The molecule has 2 rings (SSSR count). The van der Waals surface area contributed by atoms with Gasteiger partial charge in [-0.15, -0.1) is 5.10 Å². The molecule has 1 aromatic carbocycles. The van der Waals surface area contributed by atoms with Crippen molar-refractivity contribution in [2.45, 2.75) is 6.54 Å². The number of aromatic nitrogens is 2. The molecule has 3 N–H and O–H groups in total. The minimum absolute atomic E-state index is 0.176. The first-order valence-corrected chi connectivity index (χ1v) is 5.76. The lowest BCUT2D eigenvalue weighted by atomic mass is 10.2. The Balaban J connectivity index is 2.30. The van der Waals surface area contributed by atoms with Gasteiger partial charge in [-0.1, -0.05) is 16.7 Å². The molecule has 0 unspecified atom stereocenters. The monoisotopic (exact) mass is 284 g/mol. The van der Waals surface area contributed by atoms with Crippen molar-refractivity contribution in [2.24, 2.45) is 5.73 Å². The highest BCUT2D eigenvalue weighted by atomic mass is 35.5. The molecule has 8 heteroatoms. The fourth-order valence-electron chi connectivity index (χ4n) is 1.46. The zero-order chi connectivity index (χ0) is 13.8. The summed E-state index contributed by atoms with van der Waals surface area (Å²) in [6.45, 7) is 0.176. The van der Waals surface area contributed by atoms with Gasteiger partial charge in [-0.25, -0.2) is 0 Å². The van der Waals surface area contributed by atoms with E-state index in [2.05, 4.69) is 15.5 Å². The van der Waals surface area contributed by atoms with E-state index in [0.29, 0.717) is 28.1 Å². The second-order valence-corrected chi connectivity index (χ2v) is 3.92. The first-order valence-electron chi connectivity index (χ1n) is 5.39. The maximum absolute atomic E-state index is 6.05. The van der Waals surface area contributed by atoms with E-state index in [1.807, 2.05) is 0 Å². The lowest BCUT2D eigenvalue weighted by Gasteiger charge is -2.11. The average molecular weight is 285 g/mol. The second-order valence-electron chi connectivity index (χ2n) is 3.52. The molecule has 0 fully saturated rings. The standard InChI is InChI=1S/C11H13ClN4O3/c1-17-8-4-9(18-2)7(3-6(8)12)14-11-16-15-10(5-13)19-11/h3-4H,5,13H2,1-2H3,(H,14,16). The SMILES string of the molecule is COc1cc(OC)c(Nc2nnc(CN)o2)cc1Cl. The summed E-state index contributed by atoms with van der Waals surface area (Å²) in [5.74, 6) is 1.38. The number of hydrogen-bond acceptors (Lipinski definition) is 7. The summed E-state index contributed by atoms with van der Waals surface area (Å²) in [7, 11) is 3.06. The molecule has 0 saturated carbocycles. The van der Waals surface area contributed by atoms with Crippen LogP contribution in [-0.4, -0.2) is 24.4 Å². The van der Waals surface area contributed by atoms with E-state index < -0.39 is 0 Å². The molecule has 0 bridgehead atoms. The summed E-state index contributed by atoms with van der Waals surface area (Å²) in [5, 5.41) is 10.9. The van der Waals surface area contributed by atoms with Crippen LogP contribution in [0.5, 0.6) is 11.5 Å². The summed E-state index contributed by atoms with van der Waals surface area (Å²) in [6.07, 6.45) is 0. The molecular formula is C11H13ClN4O3. The number of nitrogens with zero attached hydrogens (tertiary/aromatic N) is 2. The van der Waals surface area contributed by atoms with E-state index in [4.69, 9.17) is 31.2 Å². The zero-order valence-corrected chi connectivity index (χ0v) is 11.2. The number of ether oxygens (including phenoxy) is 2. The van der Waals surface area contributed by atoms with E-state index >= 15 is 0 Å². The maximum Gasteiger partial charge on any atom is 0.320 e. The number of nitrogens with two attached hydrogens (primary N) is 1. The molecule has 0 amide bonds. The van der Waals surface area contributed by atoms with Crippen LogP contribution in [0, 0.1) is 0 Å². The van der Waals surface area contributed by atoms with Crippen LogP contribution in [0.2, 0.25) is 5.02 Å². The molecule has 7 nitrogen and oxygen atoms in total. The number of methoxy groups -OCH3 is 2. The lowest BCUT2D eigenvalue weighted by Crippen LogP contribution is -1.96. The number of anilines is 2. The van der Waals surface area contributed by atoms with Crippen molar-refractivity contribution in [3.63, 3.8) is 0 Å². The Bertz CT molecular complexity index is 573. The number of nitrogens with one attached hydrogen (secondary N) is 1. The highest BCUT2D eigenvalue weighted by Gasteiger charge is 2.12. The van der Waals surface area contributed by atoms with Crippen molar-refractivity contribution in [2.75, 3.05) is 19.5 Å². The Morgan fingerprint density at radius 1 is 1.26 bits per heavy atom. The van der Waals surface area contributed by atoms with Crippen LogP contribution in [0.4, 0.5) is 11.7 Å². The first-order chi connectivity index (χ1) is 9.17. The van der Waals surface area contributed by atoms with Crippen LogP contribution in [-0.2, 0) is 6.54 Å². The maximum atomic E-state index is 6.05. The number of halogens is 1. The van der Waals surface area contributed by atoms with E-state index in [9.17, 15) is 0 Å². The van der Waals surface area contributed by atoms with Crippen molar-refractivity contribution in [1.29, 1.82) is 0 Å². The van der Waals surface area contributed by atoms with Crippen LogP contribution in [0.25, 0.3) is 0 Å². The quantitative estimate of drug-likeness (QED) is 0.866. The fourth-order valence-corrected chi connectivity index (χ4v) is 1.70. The van der Waals surface area contributed by atoms with Gasteiger partial charge in [0.25, 0.3) is 0 Å². The average Bonchev–Trinajstić information content (AvgIpc) is 2.87. The van der Waals surface area contributed by atoms with Gasteiger partial charge in [0.2, 0.25) is 5.89 Å². The van der Waals surface area contributed by atoms with Gasteiger partial charge in [0.15, 0.2) is 0 Å². The molecule has 0 aliphatic heterocycles. The normalized spacial score (nSPS) is 10.3. The molecule has 0 spiro atoms. The summed E-state index contributed by atoms with van der Waals surface area (Å²) >= 11 is 6.05. The minimum Gasteiger partial charge on any atom is -0.495 e. The molecule has 0 radical (unpaired) electrons. The molecule has 2 aromatic rings. The fraction of sp³-hybridized carbons (Fsp3) is 0.273. The summed E-state index contributed by atoms with van der Waals surface area (Å²) in [4.78, 5) is 0. The first kappa shape index (κ1) is 13.4. The largest absolute Gasteiger partial charge is 0.495 e. The van der Waals surface area contributed by atoms with E-state index in [0.717, 1.165) is 0 Å². The van der Waals surface area contributed by atoms with Gasteiger partial charge in [0.05, 0.1) is 31.5 Å². The van der Waals surface area contributed by atoms with Gasteiger partial charge in [-0.2, -0.15) is 0 Å². The minimum atomic E-state index is 0.176. The number of hydrogen-bond donors (Lipinski definition) is 2. The Hall–Kier alpha value is -1.99. The Morgan fingerprint density at radius 3 is 2.58 bits per heavy atom. The molecule has 19 heavy (non-hydrogen) atoms. The summed E-state index contributed by atoms with van der Waals surface area (Å²) in [6, 6.07) is 3.51. The van der Waals surface area contributed by atoms with Gasteiger partial charge in [0.1, 0.15) is 11.5 Å². The van der Waals surface area contributed by atoms with Crippen LogP contribution in [0.15, 0.2) is 16.5 Å². The predicted molar refractivity (Wildman–Crippen MR) is 70.0 cm³/mol. The van der Waals surface area contributed by atoms with Crippen molar-refractivity contribution >= 4 is 23.3 Å². The Labute approximate surface area is 114 Å². The van der Waals surface area contributed by atoms with Crippen molar-refractivity contribution < 1.29 is 13.9 Å². The van der Waals surface area contributed by atoms with Crippen molar-refractivity contribution in [3.05, 3.63) is 23.0 Å². The molecule has 102 valence electrons. The molecule has 0 saturated heterocycles. The molecule has 0 aliphatic rings. The van der Waals surface area contributed by atoms with Crippen LogP contribution < -0.4 is 20.5 Å².